The fourth-order valence-corrected chi connectivity index (χ4v) is 6.38. The second-order valence-corrected chi connectivity index (χ2v) is 10.2. The lowest BCUT2D eigenvalue weighted by atomic mass is 9.73. The second kappa shape index (κ2) is 8.16. The van der Waals surface area contributed by atoms with Crippen molar-refractivity contribution in [2.45, 2.75) is 64.1 Å². The van der Waals surface area contributed by atoms with Crippen molar-refractivity contribution >= 4 is 11.9 Å². The number of amides is 1. The Kier molecular flexibility index (Phi) is 5.18. The molecule has 0 aromatic carbocycles. The minimum absolute atomic E-state index is 0.127. The number of aliphatic hydroxyl groups excluding tert-OH is 1. The molecule has 0 saturated carbocycles. The van der Waals surface area contributed by atoms with E-state index in [-0.39, 0.29) is 30.6 Å². The van der Waals surface area contributed by atoms with Gasteiger partial charge < -0.3 is 14.7 Å². The Morgan fingerprint density at radius 3 is 2.60 bits per heavy atom. The first-order valence-corrected chi connectivity index (χ1v) is 12.1. The van der Waals surface area contributed by atoms with Crippen LogP contribution in [0.5, 0.6) is 0 Å². The van der Waals surface area contributed by atoms with Gasteiger partial charge in [-0.25, -0.2) is 4.79 Å². The molecule has 1 amide bonds. The predicted octanol–water partition coefficient (Wildman–Crippen LogP) is 0.470. The minimum atomic E-state index is -0.786. The average molecular weight is 481 g/mol. The van der Waals surface area contributed by atoms with Gasteiger partial charge in [0.2, 0.25) is 5.91 Å². The summed E-state index contributed by atoms with van der Waals surface area (Å²) >= 11 is 0. The standard InChI is InChI=1S/C23H28N8O4/c1-13-7-17(25-26-20(13)31-12-24-27-28-31)19(32)10-30-15-3-4-16(30)9-23(8-15)5-6-29(22(23)34)18-11-35-21(33)14(18)2/h7,12,15-16,19,32H,3-6,8-11H2,1-2H3/t15?,16?,19-,23?/m0/s1. The normalized spacial score (nSPS) is 29.5. The molecule has 1 N–H and O–H groups in total. The van der Waals surface area contributed by atoms with E-state index in [1.54, 1.807) is 11.8 Å². The van der Waals surface area contributed by atoms with Crippen molar-refractivity contribution in [2.24, 2.45) is 5.41 Å². The molecular weight excluding hydrogens is 452 g/mol. The van der Waals surface area contributed by atoms with Crippen LogP contribution in [0.25, 0.3) is 5.82 Å². The van der Waals surface area contributed by atoms with Crippen LogP contribution in [0.4, 0.5) is 0 Å². The molecule has 6 heterocycles. The Morgan fingerprint density at radius 1 is 1.20 bits per heavy atom. The highest BCUT2D eigenvalue weighted by molar-refractivity contribution is 5.94. The highest BCUT2D eigenvalue weighted by Crippen LogP contribution is 2.52. The van der Waals surface area contributed by atoms with Crippen LogP contribution >= 0.6 is 0 Å². The Labute approximate surface area is 201 Å². The predicted molar refractivity (Wildman–Crippen MR) is 120 cm³/mol. The summed E-state index contributed by atoms with van der Waals surface area (Å²) in [7, 11) is 0. The summed E-state index contributed by atoms with van der Waals surface area (Å²) in [6, 6.07) is 2.29. The SMILES string of the molecule is CC1=C(N2CCC3(CC4CCC(C3)N4C[C@H](O)c3cc(C)c(-n4cnnn4)nn3)C2=O)COC1=O. The fourth-order valence-electron chi connectivity index (χ4n) is 6.38. The molecule has 0 aliphatic carbocycles. The number of nitrogens with zero attached hydrogens (tertiary/aromatic N) is 8. The van der Waals surface area contributed by atoms with Gasteiger partial charge in [0.05, 0.1) is 22.4 Å². The zero-order valence-electron chi connectivity index (χ0n) is 19.8. The Morgan fingerprint density at radius 2 is 1.97 bits per heavy atom. The summed E-state index contributed by atoms with van der Waals surface area (Å²) < 4.78 is 6.58. The monoisotopic (exact) mass is 480 g/mol. The largest absolute Gasteiger partial charge is 0.456 e. The number of tetrazole rings is 1. The van der Waals surface area contributed by atoms with Crippen molar-refractivity contribution in [2.75, 3.05) is 19.7 Å². The summed E-state index contributed by atoms with van der Waals surface area (Å²) in [6.07, 6.45) is 5.04. The van der Waals surface area contributed by atoms with Crippen LogP contribution in [0.15, 0.2) is 23.7 Å². The molecular formula is C23H28N8O4. The van der Waals surface area contributed by atoms with E-state index >= 15 is 0 Å². The van der Waals surface area contributed by atoms with Crippen LogP contribution in [-0.2, 0) is 14.3 Å². The molecule has 12 nitrogen and oxygen atoms in total. The first-order valence-electron chi connectivity index (χ1n) is 12.1. The van der Waals surface area contributed by atoms with Crippen molar-refractivity contribution in [3.8, 4) is 5.82 Å². The van der Waals surface area contributed by atoms with E-state index in [1.807, 2.05) is 13.0 Å². The Bertz CT molecular complexity index is 1200. The Balaban J connectivity index is 1.16. The lowest BCUT2D eigenvalue weighted by Crippen LogP contribution is -2.51. The molecule has 2 bridgehead atoms. The van der Waals surface area contributed by atoms with Gasteiger partial charge in [0.15, 0.2) is 5.82 Å². The number of ether oxygens (including phenoxy) is 1. The molecule has 3 atom stereocenters. The van der Waals surface area contributed by atoms with E-state index in [9.17, 15) is 14.7 Å². The average Bonchev–Trinajstić information content (AvgIpc) is 3.60. The molecule has 6 rings (SSSR count). The lowest BCUT2D eigenvalue weighted by molar-refractivity contribution is -0.140. The van der Waals surface area contributed by atoms with Crippen LogP contribution in [0, 0.1) is 12.3 Å². The quantitative estimate of drug-likeness (QED) is 0.601. The summed E-state index contributed by atoms with van der Waals surface area (Å²) in [5.74, 6) is 0.318. The zero-order chi connectivity index (χ0) is 24.3. The highest BCUT2D eigenvalue weighted by Gasteiger charge is 2.56. The summed E-state index contributed by atoms with van der Waals surface area (Å²) in [4.78, 5) is 29.5. The first-order chi connectivity index (χ1) is 16.9. The summed E-state index contributed by atoms with van der Waals surface area (Å²) in [6.45, 7) is 4.88. The third kappa shape index (κ3) is 3.54. The number of carbonyl (C=O) groups excluding carboxylic acids is 2. The Hall–Kier alpha value is -3.25. The number of likely N-dealkylation sites (tertiary alicyclic amines) is 1. The van der Waals surface area contributed by atoms with E-state index in [4.69, 9.17) is 4.74 Å². The fraction of sp³-hybridized carbons (Fsp3) is 0.609. The molecule has 2 aromatic rings. The van der Waals surface area contributed by atoms with Gasteiger partial charge in [0.25, 0.3) is 0 Å². The van der Waals surface area contributed by atoms with Crippen LogP contribution in [0.3, 0.4) is 0 Å². The number of fused-ring (bicyclic) bond motifs is 2. The molecule has 2 unspecified atom stereocenters. The number of hydrogen-bond donors (Lipinski definition) is 1. The van der Waals surface area contributed by atoms with Gasteiger partial charge in [0, 0.05) is 25.2 Å². The van der Waals surface area contributed by atoms with Gasteiger partial charge in [-0.1, -0.05) is 0 Å². The number of aliphatic hydroxyl groups is 1. The second-order valence-electron chi connectivity index (χ2n) is 10.2. The molecule has 2 aromatic heterocycles. The summed E-state index contributed by atoms with van der Waals surface area (Å²) in [5.41, 5.74) is 2.20. The third-order valence-corrected chi connectivity index (χ3v) is 8.21. The molecule has 1 spiro atoms. The highest BCUT2D eigenvalue weighted by atomic mass is 16.5. The number of esters is 1. The maximum atomic E-state index is 13.6. The first kappa shape index (κ1) is 22.2. The number of aromatic nitrogens is 6. The van der Waals surface area contributed by atoms with Crippen molar-refractivity contribution in [3.63, 3.8) is 0 Å². The summed E-state index contributed by atoms with van der Waals surface area (Å²) in [5, 5.41) is 30.6. The van der Waals surface area contributed by atoms with E-state index in [0.717, 1.165) is 43.4 Å². The number of hydrogen-bond acceptors (Lipinski definition) is 10. The number of piperidine rings is 1. The molecule has 3 fully saturated rings. The molecule has 12 heteroatoms. The van der Waals surface area contributed by atoms with Gasteiger partial charge in [-0.2, -0.15) is 9.78 Å². The van der Waals surface area contributed by atoms with E-state index in [0.29, 0.717) is 30.2 Å². The van der Waals surface area contributed by atoms with Gasteiger partial charge in [-0.05, 0) is 68.0 Å². The zero-order valence-corrected chi connectivity index (χ0v) is 19.8. The number of aryl methyl sites for hydroxylation is 1. The van der Waals surface area contributed by atoms with E-state index in [2.05, 4.69) is 30.6 Å². The van der Waals surface area contributed by atoms with Crippen LogP contribution in [0.1, 0.15) is 56.4 Å². The number of rotatable bonds is 5. The van der Waals surface area contributed by atoms with Crippen LogP contribution < -0.4 is 0 Å². The van der Waals surface area contributed by atoms with Crippen molar-refractivity contribution in [3.05, 3.63) is 34.9 Å². The van der Waals surface area contributed by atoms with Gasteiger partial charge in [0.1, 0.15) is 19.0 Å². The van der Waals surface area contributed by atoms with Gasteiger partial charge in [-0.15, -0.1) is 10.2 Å². The van der Waals surface area contributed by atoms with Crippen LogP contribution in [0.2, 0.25) is 0 Å². The smallest absolute Gasteiger partial charge is 0.336 e. The van der Waals surface area contributed by atoms with Crippen molar-refractivity contribution < 1.29 is 19.4 Å². The molecule has 35 heavy (non-hydrogen) atoms. The molecule has 184 valence electrons. The molecule has 4 aliphatic heterocycles. The maximum absolute atomic E-state index is 13.6. The van der Waals surface area contributed by atoms with Gasteiger partial charge in [-0.3, -0.25) is 9.69 Å². The third-order valence-electron chi connectivity index (χ3n) is 8.21. The topological polar surface area (TPSA) is 139 Å². The van der Waals surface area contributed by atoms with E-state index < -0.39 is 11.5 Å². The number of cyclic esters (lactones) is 1. The molecule has 4 aliphatic rings. The molecule has 0 radical (unpaired) electrons. The van der Waals surface area contributed by atoms with E-state index in [1.165, 1.54) is 11.0 Å². The van der Waals surface area contributed by atoms with Gasteiger partial charge >= 0.3 is 5.97 Å². The van der Waals surface area contributed by atoms with Crippen molar-refractivity contribution in [1.29, 1.82) is 0 Å². The maximum Gasteiger partial charge on any atom is 0.336 e. The molecule has 3 saturated heterocycles. The van der Waals surface area contributed by atoms with Crippen LogP contribution in [-0.4, -0.2) is 89.0 Å². The number of carbonyl (C=O) groups is 2. The van der Waals surface area contributed by atoms with Crippen molar-refractivity contribution in [1.82, 2.24) is 40.2 Å². The minimum Gasteiger partial charge on any atom is -0.456 e. The lowest BCUT2D eigenvalue weighted by Gasteiger charge is -2.44.